The molecule has 0 saturated heterocycles. The van der Waals surface area contributed by atoms with E-state index >= 15 is 0 Å². The van der Waals surface area contributed by atoms with E-state index in [9.17, 15) is 0 Å². The van der Waals surface area contributed by atoms with Crippen LogP contribution in [0.15, 0.2) is 0 Å². The predicted octanol–water partition coefficient (Wildman–Crippen LogP) is 1.98. The summed E-state index contributed by atoms with van der Waals surface area (Å²) in [7, 11) is 1.93. The van der Waals surface area contributed by atoms with Crippen LogP contribution in [0.2, 0.25) is 0 Å². The Kier molecular flexibility index (Phi) is 1.70. The molecule has 0 atom stereocenters. The first kappa shape index (κ1) is 7.19. The number of aromatic nitrogens is 1. The van der Waals surface area contributed by atoms with Gasteiger partial charge in [0, 0.05) is 12.7 Å². The second-order valence-corrected chi connectivity index (χ2v) is 2.62. The minimum absolute atomic E-state index is 1.13. The van der Waals surface area contributed by atoms with Gasteiger partial charge in [-0.05, 0) is 31.9 Å². The fraction of sp³-hybridized carbons (Fsp3) is 0.500. The maximum absolute atomic E-state index is 3.25. The molecular formula is C8H14N2. The maximum Gasteiger partial charge on any atom is 0.106 e. The average molecular weight is 138 g/mol. The van der Waals surface area contributed by atoms with Crippen molar-refractivity contribution >= 4 is 5.82 Å². The van der Waals surface area contributed by atoms with Gasteiger partial charge in [-0.15, -0.1) is 0 Å². The van der Waals surface area contributed by atoms with Gasteiger partial charge in [0.15, 0.2) is 0 Å². The van der Waals surface area contributed by atoms with Gasteiger partial charge in [-0.25, -0.2) is 0 Å². The number of anilines is 1. The number of nitrogens with one attached hydrogen (secondary N) is 2. The first-order valence-electron chi connectivity index (χ1n) is 3.50. The quantitative estimate of drug-likeness (QED) is 0.610. The summed E-state index contributed by atoms with van der Waals surface area (Å²) < 4.78 is 0. The lowest BCUT2D eigenvalue weighted by Gasteiger charge is -1.95. The number of aryl methyl sites for hydroxylation is 1. The van der Waals surface area contributed by atoms with Crippen molar-refractivity contribution in [1.29, 1.82) is 0 Å². The Morgan fingerprint density at radius 2 is 1.70 bits per heavy atom. The standard InChI is InChI=1S/C8H14N2/c1-5-6(2)8(9-4)10-7(5)3/h9-10H,1-4H3. The maximum atomic E-state index is 3.25. The fourth-order valence-electron chi connectivity index (χ4n) is 1.09. The van der Waals surface area contributed by atoms with Crippen molar-refractivity contribution in [2.45, 2.75) is 20.8 Å². The molecule has 0 fully saturated rings. The van der Waals surface area contributed by atoms with Crippen LogP contribution < -0.4 is 5.32 Å². The van der Waals surface area contributed by atoms with Gasteiger partial charge in [-0.2, -0.15) is 0 Å². The van der Waals surface area contributed by atoms with Crippen LogP contribution in [0.4, 0.5) is 5.82 Å². The highest BCUT2D eigenvalue weighted by Crippen LogP contribution is 2.19. The summed E-state index contributed by atoms with van der Waals surface area (Å²) in [6.45, 7) is 6.33. The fourth-order valence-corrected chi connectivity index (χ4v) is 1.09. The second kappa shape index (κ2) is 2.37. The van der Waals surface area contributed by atoms with E-state index in [2.05, 4.69) is 31.1 Å². The molecule has 1 heterocycles. The minimum Gasteiger partial charge on any atom is -0.374 e. The van der Waals surface area contributed by atoms with E-state index in [0.717, 1.165) is 5.82 Å². The minimum atomic E-state index is 1.13. The van der Waals surface area contributed by atoms with E-state index < -0.39 is 0 Å². The third kappa shape index (κ3) is 0.897. The summed E-state index contributed by atoms with van der Waals surface area (Å²) in [5, 5.41) is 3.10. The van der Waals surface area contributed by atoms with E-state index in [1.807, 2.05) is 7.05 Å². The average Bonchev–Trinajstić information content (AvgIpc) is 2.17. The molecule has 0 aliphatic carbocycles. The summed E-state index contributed by atoms with van der Waals surface area (Å²) in [5.41, 5.74) is 3.92. The molecule has 2 heteroatoms. The Labute approximate surface area is 61.7 Å². The highest BCUT2D eigenvalue weighted by Gasteiger charge is 2.03. The predicted molar refractivity (Wildman–Crippen MR) is 44.6 cm³/mol. The summed E-state index contributed by atoms with van der Waals surface area (Å²) in [4.78, 5) is 3.25. The highest BCUT2D eigenvalue weighted by atomic mass is 15.0. The molecule has 2 N–H and O–H groups in total. The molecule has 0 amide bonds. The van der Waals surface area contributed by atoms with Gasteiger partial charge in [0.25, 0.3) is 0 Å². The van der Waals surface area contributed by atoms with Gasteiger partial charge in [-0.1, -0.05) is 0 Å². The zero-order chi connectivity index (χ0) is 7.72. The molecule has 2 nitrogen and oxygen atoms in total. The third-order valence-corrected chi connectivity index (χ3v) is 2.06. The molecule has 56 valence electrons. The van der Waals surface area contributed by atoms with Gasteiger partial charge in [-0.3, -0.25) is 0 Å². The van der Waals surface area contributed by atoms with Crippen LogP contribution in [0.3, 0.4) is 0 Å². The molecule has 0 unspecified atom stereocenters. The molecule has 0 spiro atoms. The van der Waals surface area contributed by atoms with E-state index in [-0.39, 0.29) is 0 Å². The molecular weight excluding hydrogens is 124 g/mol. The molecule has 0 bridgehead atoms. The Morgan fingerprint density at radius 1 is 1.10 bits per heavy atom. The highest BCUT2D eigenvalue weighted by molar-refractivity contribution is 5.50. The lowest BCUT2D eigenvalue weighted by Crippen LogP contribution is -1.89. The Balaban J connectivity index is 3.17. The largest absolute Gasteiger partial charge is 0.374 e. The summed E-state index contributed by atoms with van der Waals surface area (Å²) >= 11 is 0. The molecule has 0 radical (unpaired) electrons. The summed E-state index contributed by atoms with van der Waals surface area (Å²) in [6.07, 6.45) is 0. The number of rotatable bonds is 1. The monoisotopic (exact) mass is 138 g/mol. The molecule has 0 aromatic carbocycles. The molecule has 0 aliphatic rings. The number of hydrogen-bond donors (Lipinski definition) is 2. The van der Waals surface area contributed by atoms with Crippen LogP contribution in [0.1, 0.15) is 16.8 Å². The zero-order valence-corrected chi connectivity index (χ0v) is 7.00. The lowest BCUT2D eigenvalue weighted by atomic mass is 10.2. The zero-order valence-electron chi connectivity index (χ0n) is 7.00. The van der Waals surface area contributed by atoms with Crippen molar-refractivity contribution in [1.82, 2.24) is 4.98 Å². The van der Waals surface area contributed by atoms with E-state index in [4.69, 9.17) is 0 Å². The summed E-state index contributed by atoms with van der Waals surface area (Å²) in [5.74, 6) is 1.13. The van der Waals surface area contributed by atoms with Crippen molar-refractivity contribution in [3.8, 4) is 0 Å². The van der Waals surface area contributed by atoms with Crippen LogP contribution in [-0.2, 0) is 0 Å². The Morgan fingerprint density at radius 3 is 1.90 bits per heavy atom. The molecule has 0 saturated carbocycles. The van der Waals surface area contributed by atoms with Crippen LogP contribution in [-0.4, -0.2) is 12.0 Å². The molecule has 1 rings (SSSR count). The Hall–Kier alpha value is -0.920. The van der Waals surface area contributed by atoms with Crippen molar-refractivity contribution in [3.63, 3.8) is 0 Å². The third-order valence-electron chi connectivity index (χ3n) is 2.06. The lowest BCUT2D eigenvalue weighted by molar-refractivity contribution is 1.22. The van der Waals surface area contributed by atoms with Crippen molar-refractivity contribution in [3.05, 3.63) is 16.8 Å². The van der Waals surface area contributed by atoms with Crippen molar-refractivity contribution < 1.29 is 0 Å². The molecule has 0 aliphatic heterocycles. The Bertz CT molecular complexity index is 236. The second-order valence-electron chi connectivity index (χ2n) is 2.62. The van der Waals surface area contributed by atoms with Crippen LogP contribution in [0.5, 0.6) is 0 Å². The molecule has 10 heavy (non-hydrogen) atoms. The van der Waals surface area contributed by atoms with E-state index in [1.165, 1.54) is 16.8 Å². The topological polar surface area (TPSA) is 27.8 Å². The number of aromatic amines is 1. The van der Waals surface area contributed by atoms with Gasteiger partial charge < -0.3 is 10.3 Å². The van der Waals surface area contributed by atoms with Crippen molar-refractivity contribution in [2.24, 2.45) is 0 Å². The van der Waals surface area contributed by atoms with Gasteiger partial charge in [0.2, 0.25) is 0 Å². The van der Waals surface area contributed by atoms with Gasteiger partial charge in [0.1, 0.15) is 5.82 Å². The first-order valence-corrected chi connectivity index (χ1v) is 3.50. The van der Waals surface area contributed by atoms with Crippen molar-refractivity contribution in [2.75, 3.05) is 12.4 Å². The summed E-state index contributed by atoms with van der Waals surface area (Å²) in [6, 6.07) is 0. The van der Waals surface area contributed by atoms with E-state index in [1.54, 1.807) is 0 Å². The smallest absolute Gasteiger partial charge is 0.106 e. The SMILES string of the molecule is CNc1[nH]c(C)c(C)c1C. The normalized spacial score (nSPS) is 10.0. The van der Waals surface area contributed by atoms with Crippen LogP contribution in [0, 0.1) is 20.8 Å². The van der Waals surface area contributed by atoms with Gasteiger partial charge >= 0.3 is 0 Å². The van der Waals surface area contributed by atoms with Crippen LogP contribution >= 0.6 is 0 Å². The van der Waals surface area contributed by atoms with Gasteiger partial charge in [0.05, 0.1) is 0 Å². The van der Waals surface area contributed by atoms with E-state index in [0.29, 0.717) is 0 Å². The number of hydrogen-bond acceptors (Lipinski definition) is 1. The molecule has 1 aromatic rings. The number of H-pyrrole nitrogens is 1. The molecule has 1 aromatic heterocycles. The first-order chi connectivity index (χ1) is 4.66. The van der Waals surface area contributed by atoms with Crippen LogP contribution in [0.25, 0.3) is 0 Å².